The van der Waals surface area contributed by atoms with Crippen LogP contribution in [0.2, 0.25) is 0 Å². The van der Waals surface area contributed by atoms with E-state index in [-0.39, 0.29) is 5.97 Å². The first-order valence-corrected chi connectivity index (χ1v) is 16.0. The summed E-state index contributed by atoms with van der Waals surface area (Å²) >= 11 is 0. The van der Waals surface area contributed by atoms with Crippen molar-refractivity contribution in [2.75, 3.05) is 6.61 Å². The molecule has 0 radical (unpaired) electrons. The zero-order valence-corrected chi connectivity index (χ0v) is 24.4. The Bertz CT molecular complexity index is 440. The summed E-state index contributed by atoms with van der Waals surface area (Å²) in [4.78, 5) is 11.9. The third kappa shape index (κ3) is 31.2. The zero-order valence-electron chi connectivity index (χ0n) is 24.4. The number of allylic oxidation sites excluding steroid dienone is 2. The van der Waals surface area contributed by atoms with Crippen LogP contribution < -0.4 is 0 Å². The quantitative estimate of drug-likeness (QED) is 0.0616. The van der Waals surface area contributed by atoms with Crippen molar-refractivity contribution in [2.24, 2.45) is 5.92 Å². The van der Waals surface area contributed by atoms with E-state index in [4.69, 9.17) is 4.74 Å². The normalized spacial score (nSPS) is 11.7. The third-order valence-electron chi connectivity index (χ3n) is 7.08. The molecule has 0 aliphatic heterocycles. The van der Waals surface area contributed by atoms with Crippen molar-refractivity contribution in [3.63, 3.8) is 0 Å². The van der Waals surface area contributed by atoms with Crippen LogP contribution in [0.15, 0.2) is 12.2 Å². The smallest absolute Gasteiger partial charge is 0.305 e. The summed E-state index contributed by atoms with van der Waals surface area (Å²) in [5, 5.41) is 0. The minimum atomic E-state index is 0.0141. The molecular formula is C33H64O2. The third-order valence-corrected chi connectivity index (χ3v) is 7.08. The second-order valence-electron chi connectivity index (χ2n) is 11.3. The monoisotopic (exact) mass is 492 g/mol. The molecule has 0 bridgehead atoms. The van der Waals surface area contributed by atoms with Gasteiger partial charge < -0.3 is 4.74 Å². The van der Waals surface area contributed by atoms with Crippen molar-refractivity contribution in [1.82, 2.24) is 0 Å². The molecule has 0 atom stereocenters. The zero-order chi connectivity index (χ0) is 25.7. The first-order chi connectivity index (χ1) is 17.2. The van der Waals surface area contributed by atoms with E-state index < -0.39 is 0 Å². The largest absolute Gasteiger partial charge is 0.466 e. The van der Waals surface area contributed by atoms with Crippen LogP contribution in [0.25, 0.3) is 0 Å². The molecule has 0 N–H and O–H groups in total. The number of rotatable bonds is 28. The summed E-state index contributed by atoms with van der Waals surface area (Å²) in [6.07, 6.45) is 36.8. The molecule has 0 aromatic rings. The Morgan fingerprint density at radius 2 is 1.00 bits per heavy atom. The lowest BCUT2D eigenvalue weighted by Gasteiger charge is -2.06. The van der Waals surface area contributed by atoms with E-state index in [1.807, 2.05) is 0 Å². The fraction of sp³-hybridized carbons (Fsp3) is 0.909. The number of unbranched alkanes of at least 4 members (excludes halogenated alkanes) is 20. The highest BCUT2D eigenvalue weighted by atomic mass is 16.5. The molecule has 0 saturated carbocycles. The van der Waals surface area contributed by atoms with E-state index in [0.29, 0.717) is 13.0 Å². The van der Waals surface area contributed by atoms with Gasteiger partial charge in [-0.3, -0.25) is 4.79 Å². The molecule has 0 spiro atoms. The number of hydrogen-bond acceptors (Lipinski definition) is 2. The molecule has 0 saturated heterocycles. The van der Waals surface area contributed by atoms with Gasteiger partial charge in [0.15, 0.2) is 0 Å². The number of ether oxygens (including phenoxy) is 1. The number of carbonyl (C=O) groups excluding carboxylic acids is 1. The van der Waals surface area contributed by atoms with Crippen LogP contribution in [0.4, 0.5) is 0 Å². The molecule has 0 heterocycles. The minimum Gasteiger partial charge on any atom is -0.466 e. The van der Waals surface area contributed by atoms with E-state index in [0.717, 1.165) is 25.2 Å². The first kappa shape index (κ1) is 34.2. The van der Waals surface area contributed by atoms with Gasteiger partial charge >= 0.3 is 5.97 Å². The van der Waals surface area contributed by atoms with Crippen molar-refractivity contribution >= 4 is 5.97 Å². The molecule has 35 heavy (non-hydrogen) atoms. The summed E-state index contributed by atoms with van der Waals surface area (Å²) < 4.78 is 5.41. The molecule has 0 aromatic carbocycles. The van der Waals surface area contributed by atoms with Crippen LogP contribution in [0.3, 0.4) is 0 Å². The van der Waals surface area contributed by atoms with Crippen LogP contribution in [0.1, 0.15) is 181 Å². The van der Waals surface area contributed by atoms with Crippen LogP contribution in [-0.2, 0) is 9.53 Å². The maximum Gasteiger partial charge on any atom is 0.305 e. The van der Waals surface area contributed by atoms with E-state index in [2.05, 4.69) is 32.9 Å². The molecule has 0 fully saturated rings. The van der Waals surface area contributed by atoms with Gasteiger partial charge in [0, 0.05) is 6.42 Å². The van der Waals surface area contributed by atoms with Gasteiger partial charge in [0.25, 0.3) is 0 Å². The molecule has 0 aliphatic rings. The Balaban J connectivity index is 3.19. The molecule has 0 aliphatic carbocycles. The highest BCUT2D eigenvalue weighted by molar-refractivity contribution is 5.69. The van der Waals surface area contributed by atoms with Gasteiger partial charge in [0.05, 0.1) is 6.61 Å². The lowest BCUT2D eigenvalue weighted by atomic mass is 10.0. The van der Waals surface area contributed by atoms with E-state index in [1.54, 1.807) is 0 Å². The molecule has 0 rings (SSSR count). The molecule has 208 valence electrons. The standard InChI is InChI=1S/C33H64O2/c1-4-5-6-7-8-9-10-11-15-18-21-24-27-30-33(34)35-31-28-25-22-19-16-13-12-14-17-20-23-26-29-32(2)3/h9-10,32H,4-8,11-31H2,1-3H3/b10-9-. The second-order valence-corrected chi connectivity index (χ2v) is 11.3. The summed E-state index contributed by atoms with van der Waals surface area (Å²) in [6, 6.07) is 0. The molecule has 0 aromatic heterocycles. The average molecular weight is 493 g/mol. The Labute approximate surface area is 221 Å². The van der Waals surface area contributed by atoms with Crippen molar-refractivity contribution in [3.8, 4) is 0 Å². The predicted molar refractivity (Wildman–Crippen MR) is 156 cm³/mol. The van der Waals surface area contributed by atoms with Crippen molar-refractivity contribution in [2.45, 2.75) is 181 Å². The van der Waals surface area contributed by atoms with Crippen LogP contribution in [0, 0.1) is 5.92 Å². The summed E-state index contributed by atoms with van der Waals surface area (Å²) in [5.74, 6) is 0.884. The molecule has 2 nitrogen and oxygen atoms in total. The highest BCUT2D eigenvalue weighted by Crippen LogP contribution is 2.14. The van der Waals surface area contributed by atoms with Gasteiger partial charge in [-0.15, -0.1) is 0 Å². The fourth-order valence-electron chi connectivity index (χ4n) is 4.67. The maximum atomic E-state index is 11.9. The molecule has 0 amide bonds. The highest BCUT2D eigenvalue weighted by Gasteiger charge is 2.02. The minimum absolute atomic E-state index is 0.0141. The SMILES string of the molecule is CCCCCC/C=C\CCCCCCCC(=O)OCCCCCCCCCCCCCCC(C)C. The van der Waals surface area contributed by atoms with Gasteiger partial charge in [-0.05, 0) is 44.4 Å². The molecular weight excluding hydrogens is 428 g/mol. The van der Waals surface area contributed by atoms with Crippen molar-refractivity contribution in [3.05, 3.63) is 12.2 Å². The van der Waals surface area contributed by atoms with Crippen LogP contribution >= 0.6 is 0 Å². The fourth-order valence-corrected chi connectivity index (χ4v) is 4.67. The van der Waals surface area contributed by atoms with Gasteiger partial charge in [-0.1, -0.05) is 148 Å². The summed E-state index contributed by atoms with van der Waals surface area (Å²) in [7, 11) is 0. The second kappa shape index (κ2) is 29.4. The molecule has 2 heteroatoms. The lowest BCUT2D eigenvalue weighted by Crippen LogP contribution is -2.05. The van der Waals surface area contributed by atoms with Crippen molar-refractivity contribution < 1.29 is 9.53 Å². The summed E-state index contributed by atoms with van der Waals surface area (Å²) in [5.41, 5.74) is 0. The maximum absolute atomic E-state index is 11.9. The Morgan fingerprint density at radius 3 is 1.51 bits per heavy atom. The topological polar surface area (TPSA) is 26.3 Å². The van der Waals surface area contributed by atoms with Crippen molar-refractivity contribution in [1.29, 1.82) is 0 Å². The Hall–Kier alpha value is -0.790. The summed E-state index contributed by atoms with van der Waals surface area (Å²) in [6.45, 7) is 7.54. The number of carbonyl (C=O) groups is 1. The van der Waals surface area contributed by atoms with Gasteiger partial charge in [-0.25, -0.2) is 0 Å². The number of esters is 1. The van der Waals surface area contributed by atoms with Gasteiger partial charge in [0.2, 0.25) is 0 Å². The van der Waals surface area contributed by atoms with Crippen LogP contribution in [0.5, 0.6) is 0 Å². The van der Waals surface area contributed by atoms with Gasteiger partial charge in [-0.2, -0.15) is 0 Å². The Morgan fingerprint density at radius 1 is 0.571 bits per heavy atom. The van der Waals surface area contributed by atoms with E-state index in [9.17, 15) is 4.79 Å². The number of hydrogen-bond donors (Lipinski definition) is 0. The van der Waals surface area contributed by atoms with E-state index in [1.165, 1.54) is 135 Å². The lowest BCUT2D eigenvalue weighted by molar-refractivity contribution is -0.143. The first-order valence-electron chi connectivity index (χ1n) is 16.0. The molecule has 0 unspecified atom stereocenters. The Kier molecular flexibility index (Phi) is 28.8. The van der Waals surface area contributed by atoms with Gasteiger partial charge in [0.1, 0.15) is 0 Å². The predicted octanol–water partition coefficient (Wildman–Crippen LogP) is 11.5. The van der Waals surface area contributed by atoms with E-state index >= 15 is 0 Å². The average Bonchev–Trinajstić information content (AvgIpc) is 2.84. The van der Waals surface area contributed by atoms with Crippen LogP contribution in [-0.4, -0.2) is 12.6 Å².